The number of ether oxygens (including phenoxy) is 2. The van der Waals surface area contributed by atoms with Gasteiger partial charge in [-0.3, -0.25) is 9.69 Å². The summed E-state index contributed by atoms with van der Waals surface area (Å²) in [5, 5.41) is 0. The molecule has 0 aromatic heterocycles. The highest BCUT2D eigenvalue weighted by Crippen LogP contribution is 2.43. The van der Waals surface area contributed by atoms with Crippen LogP contribution < -0.4 is 9.47 Å². The van der Waals surface area contributed by atoms with Crippen LogP contribution in [0.15, 0.2) is 61.2 Å². The van der Waals surface area contributed by atoms with Crippen molar-refractivity contribution in [1.82, 2.24) is 4.90 Å². The van der Waals surface area contributed by atoms with Crippen molar-refractivity contribution >= 4 is 5.78 Å². The van der Waals surface area contributed by atoms with E-state index in [1.807, 2.05) is 49.4 Å². The van der Waals surface area contributed by atoms with Crippen molar-refractivity contribution in [3.8, 4) is 11.5 Å². The second-order valence-electron chi connectivity index (χ2n) is 6.95. The second-order valence-corrected chi connectivity index (χ2v) is 6.95. The lowest BCUT2D eigenvalue weighted by molar-refractivity contribution is -0.131. The molecule has 3 atom stereocenters. The Labute approximate surface area is 161 Å². The zero-order valence-corrected chi connectivity index (χ0v) is 16.2. The van der Waals surface area contributed by atoms with Crippen molar-refractivity contribution in [3.05, 3.63) is 72.3 Å². The number of rotatable bonds is 6. The number of piperidine rings is 1. The maximum Gasteiger partial charge on any atom is 0.139 e. The standard InChI is InChI=1S/C23H27NO3/c1-5-14-24-21(17-6-10-19(26-3)11-7-17)15-22(25)16(2)23(24)18-8-12-20(27-4)13-9-18/h5-13,16,21,23H,1,14-15H2,2-4H3/t16-,21+,23-/m1/s1. The topological polar surface area (TPSA) is 38.8 Å². The van der Waals surface area contributed by atoms with E-state index in [2.05, 4.69) is 23.6 Å². The fourth-order valence-corrected chi connectivity index (χ4v) is 3.96. The summed E-state index contributed by atoms with van der Waals surface area (Å²) in [6, 6.07) is 16.0. The molecule has 1 fully saturated rings. The quantitative estimate of drug-likeness (QED) is 0.702. The molecule has 1 aliphatic heterocycles. The maximum absolute atomic E-state index is 12.9. The maximum atomic E-state index is 12.9. The lowest BCUT2D eigenvalue weighted by atomic mass is 9.80. The SMILES string of the molecule is C=CCN1[C@H](c2ccc(OC)cc2)CC(=O)[C@@H](C)[C@@H]1c1ccc(OC)cc1. The minimum Gasteiger partial charge on any atom is -0.497 e. The normalized spacial score (nSPS) is 23.1. The first kappa shape index (κ1) is 19.2. The van der Waals surface area contributed by atoms with E-state index in [4.69, 9.17) is 9.47 Å². The number of carbonyl (C=O) groups excluding carboxylic acids is 1. The van der Waals surface area contributed by atoms with E-state index < -0.39 is 0 Å². The summed E-state index contributed by atoms with van der Waals surface area (Å²) in [6.45, 7) is 6.68. The highest BCUT2D eigenvalue weighted by molar-refractivity contribution is 5.83. The molecule has 0 unspecified atom stereocenters. The Kier molecular flexibility index (Phi) is 5.97. The van der Waals surface area contributed by atoms with Crippen LogP contribution in [0.5, 0.6) is 11.5 Å². The average Bonchev–Trinajstić information content (AvgIpc) is 2.71. The van der Waals surface area contributed by atoms with Gasteiger partial charge >= 0.3 is 0 Å². The number of nitrogens with zero attached hydrogens (tertiary/aromatic N) is 1. The third-order valence-electron chi connectivity index (χ3n) is 5.43. The summed E-state index contributed by atoms with van der Waals surface area (Å²) >= 11 is 0. The van der Waals surface area contributed by atoms with Crippen LogP contribution in [-0.4, -0.2) is 31.4 Å². The molecule has 0 radical (unpaired) electrons. The number of benzene rings is 2. The van der Waals surface area contributed by atoms with E-state index in [1.54, 1.807) is 14.2 Å². The first-order valence-electron chi connectivity index (χ1n) is 9.26. The monoisotopic (exact) mass is 365 g/mol. The van der Waals surface area contributed by atoms with Gasteiger partial charge in [0, 0.05) is 31.0 Å². The predicted molar refractivity (Wildman–Crippen MR) is 107 cm³/mol. The number of likely N-dealkylation sites (tertiary alicyclic amines) is 1. The third kappa shape index (κ3) is 3.91. The van der Waals surface area contributed by atoms with Crippen LogP contribution in [0.1, 0.15) is 36.6 Å². The molecule has 3 rings (SSSR count). The second kappa shape index (κ2) is 8.40. The van der Waals surface area contributed by atoms with Gasteiger partial charge < -0.3 is 9.47 Å². The predicted octanol–water partition coefficient (Wildman–Crippen LogP) is 4.58. The Morgan fingerprint density at radius 2 is 1.52 bits per heavy atom. The molecule has 0 aliphatic carbocycles. The molecule has 0 bridgehead atoms. The van der Waals surface area contributed by atoms with Gasteiger partial charge in [-0.2, -0.15) is 0 Å². The van der Waals surface area contributed by atoms with Gasteiger partial charge in [-0.15, -0.1) is 6.58 Å². The Bertz CT molecular complexity index is 782. The van der Waals surface area contributed by atoms with E-state index in [9.17, 15) is 4.79 Å². The Balaban J connectivity index is 2.00. The Morgan fingerprint density at radius 1 is 1.00 bits per heavy atom. The molecule has 2 aromatic rings. The Morgan fingerprint density at radius 3 is 2.00 bits per heavy atom. The van der Waals surface area contributed by atoms with Crippen molar-refractivity contribution in [2.45, 2.75) is 25.4 Å². The lowest BCUT2D eigenvalue weighted by Gasteiger charge is -2.45. The molecule has 2 aromatic carbocycles. The molecule has 4 nitrogen and oxygen atoms in total. The third-order valence-corrected chi connectivity index (χ3v) is 5.43. The highest BCUT2D eigenvalue weighted by atomic mass is 16.5. The molecule has 0 amide bonds. The molecule has 1 heterocycles. The van der Waals surface area contributed by atoms with E-state index in [1.165, 1.54) is 0 Å². The van der Waals surface area contributed by atoms with E-state index in [-0.39, 0.29) is 23.8 Å². The van der Waals surface area contributed by atoms with Crippen LogP contribution in [0.2, 0.25) is 0 Å². The lowest BCUT2D eigenvalue weighted by Crippen LogP contribution is -2.44. The summed E-state index contributed by atoms with van der Waals surface area (Å²) < 4.78 is 10.6. The fraction of sp³-hybridized carbons (Fsp3) is 0.348. The van der Waals surface area contributed by atoms with Crippen LogP contribution in [0.3, 0.4) is 0 Å². The van der Waals surface area contributed by atoms with E-state index in [0.717, 1.165) is 22.6 Å². The molecule has 1 aliphatic rings. The molecule has 4 heteroatoms. The van der Waals surface area contributed by atoms with E-state index in [0.29, 0.717) is 13.0 Å². The molecule has 142 valence electrons. The van der Waals surface area contributed by atoms with Gasteiger partial charge in [-0.05, 0) is 35.4 Å². The first-order valence-corrected chi connectivity index (χ1v) is 9.26. The summed E-state index contributed by atoms with van der Waals surface area (Å²) in [5.41, 5.74) is 2.24. The summed E-state index contributed by atoms with van der Waals surface area (Å²) in [7, 11) is 3.32. The summed E-state index contributed by atoms with van der Waals surface area (Å²) in [5.74, 6) is 1.84. The summed E-state index contributed by atoms with van der Waals surface area (Å²) in [6.07, 6.45) is 2.42. The van der Waals surface area contributed by atoms with Crippen molar-refractivity contribution in [2.75, 3.05) is 20.8 Å². The number of hydrogen-bond donors (Lipinski definition) is 0. The number of Topliss-reactive ketones (excluding diaryl/α,β-unsaturated/α-hetero) is 1. The van der Waals surface area contributed by atoms with Crippen molar-refractivity contribution in [2.24, 2.45) is 5.92 Å². The first-order chi connectivity index (χ1) is 13.1. The van der Waals surface area contributed by atoms with Crippen molar-refractivity contribution < 1.29 is 14.3 Å². The van der Waals surface area contributed by atoms with Gasteiger partial charge in [-0.1, -0.05) is 37.3 Å². The number of carbonyl (C=O) groups is 1. The van der Waals surface area contributed by atoms with Crippen LogP contribution in [0, 0.1) is 5.92 Å². The smallest absolute Gasteiger partial charge is 0.139 e. The van der Waals surface area contributed by atoms with Gasteiger partial charge in [-0.25, -0.2) is 0 Å². The molecular formula is C23H27NO3. The van der Waals surface area contributed by atoms with Crippen molar-refractivity contribution in [1.29, 1.82) is 0 Å². The minimum absolute atomic E-state index is 0.00209. The van der Waals surface area contributed by atoms with Gasteiger partial charge in [0.2, 0.25) is 0 Å². The van der Waals surface area contributed by atoms with Crippen LogP contribution in [0.4, 0.5) is 0 Å². The molecule has 0 saturated carbocycles. The van der Waals surface area contributed by atoms with Gasteiger partial charge in [0.15, 0.2) is 0 Å². The van der Waals surface area contributed by atoms with Gasteiger partial charge in [0.25, 0.3) is 0 Å². The number of ketones is 1. The molecule has 0 N–H and O–H groups in total. The minimum atomic E-state index is -0.0761. The van der Waals surface area contributed by atoms with Crippen LogP contribution in [0.25, 0.3) is 0 Å². The molecule has 27 heavy (non-hydrogen) atoms. The van der Waals surface area contributed by atoms with E-state index >= 15 is 0 Å². The average molecular weight is 365 g/mol. The zero-order valence-electron chi connectivity index (χ0n) is 16.2. The van der Waals surface area contributed by atoms with Crippen molar-refractivity contribution in [3.63, 3.8) is 0 Å². The molecule has 0 spiro atoms. The van der Waals surface area contributed by atoms with Gasteiger partial charge in [0.05, 0.1) is 14.2 Å². The molecular weight excluding hydrogens is 338 g/mol. The van der Waals surface area contributed by atoms with Gasteiger partial charge in [0.1, 0.15) is 17.3 Å². The zero-order chi connectivity index (χ0) is 19.4. The highest BCUT2D eigenvalue weighted by Gasteiger charge is 2.40. The Hall–Kier alpha value is -2.59. The number of hydrogen-bond acceptors (Lipinski definition) is 4. The fourth-order valence-electron chi connectivity index (χ4n) is 3.96. The number of methoxy groups -OCH3 is 2. The summed E-state index contributed by atoms with van der Waals surface area (Å²) in [4.78, 5) is 15.2. The largest absolute Gasteiger partial charge is 0.497 e. The van der Waals surface area contributed by atoms with Crippen LogP contribution in [-0.2, 0) is 4.79 Å². The van der Waals surface area contributed by atoms with Crippen LogP contribution >= 0.6 is 0 Å². The molecule has 1 saturated heterocycles.